The number of nitrogens with zero attached hydrogens (tertiary/aromatic N) is 1. The van der Waals surface area contributed by atoms with E-state index < -0.39 is 7.12 Å². The molecule has 4 rings (SSSR count). The standard InChI is InChI=1S/C26H35BN2O3S2/c1-17-24(21-7-4-8-22(14-21)27(31)32)23(16-33-2)34-25(17)26(30)29-11-9-19(10-12-29)20-6-3-5-18(13-20)15-28/h3-8,13-14,17,19,23-25,31-32H,9-12,15-16,28H2,1-2H3. The lowest BCUT2D eigenvalue weighted by molar-refractivity contribution is -0.132. The number of benzene rings is 2. The van der Waals surface area contributed by atoms with Crippen LogP contribution in [0.15, 0.2) is 48.5 Å². The third kappa shape index (κ3) is 5.52. The second-order valence-corrected chi connectivity index (χ2v) is 11.8. The number of carbonyl (C=O) groups excluding carboxylic acids is 1. The van der Waals surface area contributed by atoms with E-state index in [0.717, 1.165) is 42.8 Å². The Bertz CT molecular complexity index is 984. The molecule has 0 aliphatic carbocycles. The van der Waals surface area contributed by atoms with E-state index >= 15 is 0 Å². The van der Waals surface area contributed by atoms with Gasteiger partial charge >= 0.3 is 7.12 Å². The van der Waals surface area contributed by atoms with Gasteiger partial charge in [0.05, 0.1) is 5.25 Å². The first-order valence-corrected chi connectivity index (χ1v) is 14.4. The highest BCUT2D eigenvalue weighted by atomic mass is 32.2. The minimum Gasteiger partial charge on any atom is -0.423 e. The molecule has 2 fully saturated rings. The van der Waals surface area contributed by atoms with E-state index in [4.69, 9.17) is 5.73 Å². The van der Waals surface area contributed by atoms with Crippen LogP contribution in [0.25, 0.3) is 0 Å². The molecule has 2 saturated heterocycles. The van der Waals surface area contributed by atoms with Crippen molar-refractivity contribution in [2.45, 2.75) is 48.6 Å². The van der Waals surface area contributed by atoms with Crippen LogP contribution in [-0.2, 0) is 11.3 Å². The summed E-state index contributed by atoms with van der Waals surface area (Å²) < 4.78 is 0. The Morgan fingerprint density at radius 1 is 1.15 bits per heavy atom. The number of piperidine rings is 1. The van der Waals surface area contributed by atoms with E-state index in [1.807, 2.05) is 23.9 Å². The van der Waals surface area contributed by atoms with E-state index in [0.29, 0.717) is 23.2 Å². The monoisotopic (exact) mass is 498 g/mol. The number of likely N-dealkylation sites (tertiary alicyclic amines) is 1. The third-order valence-electron chi connectivity index (χ3n) is 7.40. The molecular weight excluding hydrogens is 463 g/mol. The number of rotatable bonds is 7. The molecule has 2 aliphatic heterocycles. The zero-order valence-electron chi connectivity index (χ0n) is 20.0. The SMILES string of the molecule is CSCC1SC(C(=O)N2CCC(c3cccc(CN)c3)CC2)C(C)C1c1cccc(B(O)O)c1. The van der Waals surface area contributed by atoms with Crippen LogP contribution in [0.3, 0.4) is 0 Å². The maximum Gasteiger partial charge on any atom is 0.488 e. The summed E-state index contributed by atoms with van der Waals surface area (Å²) >= 11 is 3.62. The Kier molecular flexibility index (Phi) is 8.69. The summed E-state index contributed by atoms with van der Waals surface area (Å²) in [5, 5.41) is 19.6. The van der Waals surface area contributed by atoms with Gasteiger partial charge in [-0.15, -0.1) is 11.8 Å². The van der Waals surface area contributed by atoms with Crippen molar-refractivity contribution in [3.8, 4) is 0 Å². The first-order valence-electron chi connectivity index (χ1n) is 12.1. The molecule has 2 heterocycles. The highest BCUT2D eigenvalue weighted by Crippen LogP contribution is 2.50. The summed E-state index contributed by atoms with van der Waals surface area (Å²) in [6.45, 7) is 4.34. The largest absolute Gasteiger partial charge is 0.488 e. The van der Waals surface area contributed by atoms with E-state index in [1.165, 1.54) is 5.56 Å². The van der Waals surface area contributed by atoms with Gasteiger partial charge in [0.2, 0.25) is 5.91 Å². The van der Waals surface area contributed by atoms with Gasteiger partial charge in [0.1, 0.15) is 0 Å². The topological polar surface area (TPSA) is 86.8 Å². The lowest BCUT2D eigenvalue weighted by Crippen LogP contribution is -2.43. The van der Waals surface area contributed by atoms with Crippen LogP contribution in [-0.4, -0.2) is 63.6 Å². The zero-order chi connectivity index (χ0) is 24.2. The first kappa shape index (κ1) is 25.6. The highest BCUT2D eigenvalue weighted by Gasteiger charge is 2.46. The van der Waals surface area contributed by atoms with Crippen molar-refractivity contribution in [3.05, 3.63) is 65.2 Å². The number of thioether (sulfide) groups is 2. The highest BCUT2D eigenvalue weighted by molar-refractivity contribution is 8.04. The minimum atomic E-state index is -1.48. The van der Waals surface area contributed by atoms with Gasteiger partial charge in [-0.3, -0.25) is 4.79 Å². The Morgan fingerprint density at radius 3 is 2.53 bits per heavy atom. The third-order valence-corrected chi connectivity index (χ3v) is 10.0. The van der Waals surface area contributed by atoms with Crippen LogP contribution in [0.1, 0.15) is 48.3 Å². The molecule has 4 unspecified atom stereocenters. The average Bonchev–Trinajstić information content (AvgIpc) is 3.19. The number of nitrogens with two attached hydrogens (primary N) is 1. The molecule has 0 bridgehead atoms. The molecule has 2 aromatic carbocycles. The second-order valence-electron chi connectivity index (χ2n) is 9.53. The summed E-state index contributed by atoms with van der Waals surface area (Å²) in [6.07, 6.45) is 4.08. The van der Waals surface area contributed by atoms with Crippen molar-refractivity contribution in [3.63, 3.8) is 0 Å². The fourth-order valence-corrected chi connectivity index (χ4v) is 8.44. The van der Waals surface area contributed by atoms with Crippen LogP contribution in [0.4, 0.5) is 0 Å². The molecule has 8 heteroatoms. The molecule has 2 aliphatic rings. The molecule has 0 aromatic heterocycles. The van der Waals surface area contributed by atoms with Crippen molar-refractivity contribution >= 4 is 42.0 Å². The second kappa shape index (κ2) is 11.5. The Hall–Kier alpha value is -1.45. The summed E-state index contributed by atoms with van der Waals surface area (Å²) in [7, 11) is -1.48. The van der Waals surface area contributed by atoms with Gasteiger partial charge in [0.25, 0.3) is 0 Å². The zero-order valence-corrected chi connectivity index (χ0v) is 21.6. The molecule has 2 aromatic rings. The fourth-order valence-electron chi connectivity index (χ4n) is 5.55. The van der Waals surface area contributed by atoms with Gasteiger partial charge < -0.3 is 20.7 Å². The van der Waals surface area contributed by atoms with Crippen molar-refractivity contribution < 1.29 is 14.8 Å². The first-order chi connectivity index (χ1) is 16.4. The molecule has 182 valence electrons. The number of amides is 1. The molecule has 0 saturated carbocycles. The number of hydrogen-bond acceptors (Lipinski definition) is 6. The van der Waals surface area contributed by atoms with Gasteiger partial charge in [0, 0.05) is 36.6 Å². The van der Waals surface area contributed by atoms with Gasteiger partial charge in [-0.2, -0.15) is 11.8 Å². The van der Waals surface area contributed by atoms with Gasteiger partial charge in [-0.1, -0.05) is 55.5 Å². The Morgan fingerprint density at radius 2 is 1.85 bits per heavy atom. The Labute approximate surface area is 212 Å². The van der Waals surface area contributed by atoms with E-state index in [-0.39, 0.29) is 23.0 Å². The van der Waals surface area contributed by atoms with Crippen molar-refractivity contribution in [2.75, 3.05) is 25.1 Å². The Balaban J connectivity index is 1.45. The normalized spacial score (nSPS) is 25.5. The summed E-state index contributed by atoms with van der Waals surface area (Å²) in [4.78, 5) is 15.7. The van der Waals surface area contributed by atoms with Crippen molar-refractivity contribution in [1.82, 2.24) is 4.90 Å². The maximum absolute atomic E-state index is 13.7. The summed E-state index contributed by atoms with van der Waals surface area (Å²) in [5.41, 5.74) is 9.92. The molecular formula is C26H35BN2O3S2. The van der Waals surface area contributed by atoms with Crippen LogP contribution < -0.4 is 11.2 Å². The van der Waals surface area contributed by atoms with Crippen molar-refractivity contribution in [2.24, 2.45) is 11.7 Å². The molecule has 34 heavy (non-hydrogen) atoms. The number of hydrogen-bond donors (Lipinski definition) is 3. The van der Waals surface area contributed by atoms with Crippen LogP contribution in [0.5, 0.6) is 0 Å². The summed E-state index contributed by atoms with van der Waals surface area (Å²) in [5.74, 6) is 2.10. The van der Waals surface area contributed by atoms with E-state index in [2.05, 4.69) is 48.4 Å². The van der Waals surface area contributed by atoms with Crippen LogP contribution in [0, 0.1) is 5.92 Å². The van der Waals surface area contributed by atoms with Crippen molar-refractivity contribution in [1.29, 1.82) is 0 Å². The minimum absolute atomic E-state index is 0.0676. The van der Waals surface area contributed by atoms with E-state index in [1.54, 1.807) is 17.8 Å². The number of carbonyl (C=O) groups is 1. The molecule has 4 atom stereocenters. The molecule has 5 nitrogen and oxygen atoms in total. The molecule has 4 N–H and O–H groups in total. The predicted octanol–water partition coefficient (Wildman–Crippen LogP) is 2.80. The summed E-state index contributed by atoms with van der Waals surface area (Å²) in [6, 6.07) is 16.1. The van der Waals surface area contributed by atoms with Gasteiger partial charge in [-0.25, -0.2) is 0 Å². The smallest absolute Gasteiger partial charge is 0.423 e. The predicted molar refractivity (Wildman–Crippen MR) is 145 cm³/mol. The van der Waals surface area contributed by atoms with Gasteiger partial charge in [0.15, 0.2) is 0 Å². The van der Waals surface area contributed by atoms with Crippen LogP contribution >= 0.6 is 23.5 Å². The van der Waals surface area contributed by atoms with Crippen LogP contribution in [0.2, 0.25) is 0 Å². The molecule has 1 amide bonds. The van der Waals surface area contributed by atoms with E-state index in [9.17, 15) is 14.8 Å². The lowest BCUT2D eigenvalue weighted by Gasteiger charge is -2.34. The fraction of sp³-hybridized carbons (Fsp3) is 0.500. The quantitative estimate of drug-likeness (QED) is 0.509. The van der Waals surface area contributed by atoms with Gasteiger partial charge in [-0.05, 0) is 53.1 Å². The average molecular weight is 499 g/mol. The molecule has 0 spiro atoms. The lowest BCUT2D eigenvalue weighted by atomic mass is 9.76. The maximum atomic E-state index is 13.7. The molecule has 0 radical (unpaired) electrons.